The zero-order valence-corrected chi connectivity index (χ0v) is 7.31. The average molecular weight is 201 g/mol. The van der Waals surface area contributed by atoms with Gasteiger partial charge in [-0.2, -0.15) is 5.14 Å². The maximum absolute atomic E-state index is 10.7. The van der Waals surface area contributed by atoms with E-state index in [0.717, 1.165) is 0 Å². The van der Waals surface area contributed by atoms with E-state index in [0.29, 0.717) is 0 Å². The van der Waals surface area contributed by atoms with Gasteiger partial charge in [0.05, 0.1) is 0 Å². The van der Waals surface area contributed by atoms with Gasteiger partial charge in [0.1, 0.15) is 5.69 Å². The lowest BCUT2D eigenvalue weighted by molar-refractivity contribution is -0.359. The minimum Gasteiger partial charge on any atom is -0.582 e. The molecule has 0 aliphatic rings. The van der Waals surface area contributed by atoms with Crippen molar-refractivity contribution in [2.75, 3.05) is 0 Å². The zero-order chi connectivity index (χ0) is 9.90. The van der Waals surface area contributed by atoms with Gasteiger partial charge in [0, 0.05) is 9.38 Å². The van der Waals surface area contributed by atoms with Gasteiger partial charge in [-0.3, -0.25) is 0 Å². The van der Waals surface area contributed by atoms with E-state index in [1.54, 1.807) is 18.2 Å². The predicted molar refractivity (Wildman–Crippen MR) is 45.3 cm³/mol. The second-order valence-electron chi connectivity index (χ2n) is 2.19. The Morgan fingerprint density at radius 2 is 1.85 bits per heavy atom. The quantitative estimate of drug-likeness (QED) is 0.428. The third kappa shape index (κ3) is 2.80. The third-order valence-electron chi connectivity index (χ3n) is 1.17. The monoisotopic (exact) mass is 201 g/mol. The molecular weight excluding hydrogens is 194 g/mol. The maximum atomic E-state index is 10.7. The van der Waals surface area contributed by atoms with Crippen molar-refractivity contribution in [2.24, 2.45) is 10.3 Å². The van der Waals surface area contributed by atoms with E-state index >= 15 is 0 Å². The van der Waals surface area contributed by atoms with Gasteiger partial charge in [-0.05, 0) is 12.1 Å². The molecular formula is C6H7N3O3S. The molecule has 0 aliphatic carbocycles. The Morgan fingerprint density at radius 3 is 2.31 bits per heavy atom. The number of rotatable bonds is 2. The van der Waals surface area contributed by atoms with Gasteiger partial charge in [0.15, 0.2) is 0 Å². The Kier molecular flexibility index (Phi) is 2.59. The van der Waals surface area contributed by atoms with Crippen LogP contribution >= 0.6 is 0 Å². The molecule has 1 aromatic carbocycles. The van der Waals surface area contributed by atoms with Crippen molar-refractivity contribution in [3.63, 3.8) is 0 Å². The molecule has 1 rings (SSSR count). The Morgan fingerprint density at radius 1 is 1.31 bits per heavy atom. The van der Waals surface area contributed by atoms with Crippen LogP contribution in [0.25, 0.3) is 0 Å². The summed E-state index contributed by atoms with van der Waals surface area (Å²) in [5.41, 5.74) is 0.228. The standard InChI is InChI=1S/C6H7N3O3S/c7-13(11,12)9(10)8-6-4-2-1-3-5-6/h1-5H,(H2,7,11,12). The van der Waals surface area contributed by atoms with E-state index in [1.165, 1.54) is 12.1 Å². The molecule has 0 fully saturated rings. The highest BCUT2D eigenvalue weighted by atomic mass is 32.2. The predicted octanol–water partition coefficient (Wildman–Crippen LogP) is 0.484. The minimum absolute atomic E-state index is 0.228. The SMILES string of the molecule is NS(=O)(=O)[N+]([O-])=Nc1ccccc1. The average Bonchev–Trinajstić information content (AvgIpc) is 2.04. The van der Waals surface area contributed by atoms with Gasteiger partial charge in [-0.1, -0.05) is 18.2 Å². The van der Waals surface area contributed by atoms with Crippen molar-refractivity contribution in [3.8, 4) is 0 Å². The van der Waals surface area contributed by atoms with Gasteiger partial charge >= 0.3 is 10.2 Å². The lowest BCUT2D eigenvalue weighted by atomic mass is 10.3. The van der Waals surface area contributed by atoms with Crippen LogP contribution in [-0.4, -0.2) is 12.7 Å². The van der Waals surface area contributed by atoms with Gasteiger partial charge in [-0.25, -0.2) is 0 Å². The van der Waals surface area contributed by atoms with Crippen LogP contribution in [0.15, 0.2) is 35.4 Å². The number of benzene rings is 1. The van der Waals surface area contributed by atoms with Crippen molar-refractivity contribution < 1.29 is 12.7 Å². The van der Waals surface area contributed by atoms with E-state index < -0.39 is 14.5 Å². The Balaban J connectivity index is 3.04. The highest BCUT2D eigenvalue weighted by Gasteiger charge is 2.12. The topological polar surface area (TPSA) is 98.6 Å². The van der Waals surface area contributed by atoms with Crippen LogP contribution in [-0.2, 0) is 10.2 Å². The molecule has 70 valence electrons. The molecule has 0 amide bonds. The van der Waals surface area contributed by atoms with Gasteiger partial charge < -0.3 is 5.21 Å². The van der Waals surface area contributed by atoms with Crippen molar-refractivity contribution in [1.29, 1.82) is 0 Å². The van der Waals surface area contributed by atoms with Crippen LogP contribution in [0.2, 0.25) is 0 Å². The van der Waals surface area contributed by atoms with Crippen LogP contribution in [0.4, 0.5) is 5.69 Å². The first-order valence-electron chi connectivity index (χ1n) is 3.27. The molecule has 0 unspecified atom stereocenters. The molecule has 0 heterocycles. The summed E-state index contributed by atoms with van der Waals surface area (Å²) in [6, 6.07) is 7.92. The normalized spacial score (nSPS) is 12.8. The van der Waals surface area contributed by atoms with E-state index in [2.05, 4.69) is 10.3 Å². The number of nitrogens with two attached hydrogens (primary N) is 1. The van der Waals surface area contributed by atoms with Crippen LogP contribution < -0.4 is 5.14 Å². The molecule has 1 aromatic rings. The highest BCUT2D eigenvalue weighted by Crippen LogP contribution is 2.10. The van der Waals surface area contributed by atoms with Crippen molar-refractivity contribution in [2.45, 2.75) is 0 Å². The van der Waals surface area contributed by atoms with Crippen LogP contribution in [0.1, 0.15) is 0 Å². The molecule has 0 saturated heterocycles. The Bertz CT molecular complexity index is 412. The molecule has 0 spiro atoms. The summed E-state index contributed by atoms with van der Waals surface area (Å²) in [6.07, 6.45) is 0. The van der Waals surface area contributed by atoms with E-state index in [-0.39, 0.29) is 5.69 Å². The number of hydrogen-bond acceptors (Lipinski definition) is 4. The fourth-order valence-corrected chi connectivity index (χ4v) is 0.854. The number of hydrogen-bond donors (Lipinski definition) is 1. The fraction of sp³-hybridized carbons (Fsp3) is 0. The van der Waals surface area contributed by atoms with Crippen LogP contribution in [0.3, 0.4) is 0 Å². The lowest BCUT2D eigenvalue weighted by Gasteiger charge is -1.94. The van der Waals surface area contributed by atoms with Gasteiger partial charge in [0.2, 0.25) is 0 Å². The summed E-state index contributed by atoms with van der Waals surface area (Å²) in [4.78, 5) is 0. The van der Waals surface area contributed by atoms with E-state index in [1.807, 2.05) is 0 Å². The largest absolute Gasteiger partial charge is 0.582 e. The minimum atomic E-state index is -4.29. The third-order valence-corrected chi connectivity index (χ3v) is 1.69. The first-order valence-corrected chi connectivity index (χ1v) is 4.77. The molecule has 0 aromatic heterocycles. The van der Waals surface area contributed by atoms with Crippen molar-refractivity contribution >= 4 is 15.9 Å². The van der Waals surface area contributed by atoms with Crippen molar-refractivity contribution in [1.82, 2.24) is 0 Å². The molecule has 0 radical (unpaired) electrons. The molecule has 0 atom stereocenters. The molecule has 0 saturated carbocycles. The second-order valence-corrected chi connectivity index (χ2v) is 3.53. The smallest absolute Gasteiger partial charge is 0.473 e. The highest BCUT2D eigenvalue weighted by molar-refractivity contribution is 7.83. The van der Waals surface area contributed by atoms with E-state index in [4.69, 9.17) is 0 Å². The van der Waals surface area contributed by atoms with Crippen molar-refractivity contribution in [3.05, 3.63) is 35.5 Å². The van der Waals surface area contributed by atoms with Gasteiger partial charge in [-0.15, -0.1) is 8.42 Å². The fourth-order valence-electron chi connectivity index (χ4n) is 0.646. The summed E-state index contributed by atoms with van der Waals surface area (Å²) < 4.78 is 20.3. The summed E-state index contributed by atoms with van der Waals surface area (Å²) in [6.45, 7) is 0. The number of nitrogens with zero attached hydrogens (tertiary/aromatic N) is 2. The lowest BCUT2D eigenvalue weighted by Crippen LogP contribution is -2.22. The van der Waals surface area contributed by atoms with E-state index in [9.17, 15) is 13.6 Å². The summed E-state index contributed by atoms with van der Waals surface area (Å²) in [7, 11) is -4.29. The Hall–Kier alpha value is -1.47. The molecule has 6 nitrogen and oxygen atoms in total. The summed E-state index contributed by atoms with van der Waals surface area (Å²) in [5, 5.41) is 18.4. The molecule has 0 aliphatic heterocycles. The maximum Gasteiger partial charge on any atom is 0.473 e. The molecule has 13 heavy (non-hydrogen) atoms. The van der Waals surface area contributed by atoms with Crippen LogP contribution in [0.5, 0.6) is 0 Å². The zero-order valence-electron chi connectivity index (χ0n) is 6.49. The molecule has 7 heteroatoms. The first kappa shape index (κ1) is 9.62. The van der Waals surface area contributed by atoms with Gasteiger partial charge in [0.25, 0.3) is 0 Å². The second kappa shape index (κ2) is 3.50. The summed E-state index contributed by atoms with van der Waals surface area (Å²) >= 11 is 0. The van der Waals surface area contributed by atoms with Crippen LogP contribution in [0, 0.1) is 5.21 Å². The Labute approximate surface area is 75.1 Å². The molecule has 2 N–H and O–H groups in total. The summed E-state index contributed by atoms with van der Waals surface area (Å²) in [5.74, 6) is 0. The molecule has 0 bridgehead atoms. The first-order chi connectivity index (χ1) is 6.00.